The summed E-state index contributed by atoms with van der Waals surface area (Å²) < 4.78 is 7.12. The number of nitrogens with one attached hydrogen (secondary N) is 2. The number of nitrogens with zero attached hydrogens (tertiary/aromatic N) is 2. The molecule has 2 heterocycles. The molecule has 30 heavy (non-hydrogen) atoms. The van der Waals surface area contributed by atoms with E-state index in [1.807, 2.05) is 35.1 Å². The second kappa shape index (κ2) is 9.78. The van der Waals surface area contributed by atoms with Gasteiger partial charge in [0.2, 0.25) is 5.91 Å². The van der Waals surface area contributed by atoms with Gasteiger partial charge in [-0.05, 0) is 60.8 Å². The Morgan fingerprint density at radius 1 is 1.13 bits per heavy atom. The third-order valence-corrected chi connectivity index (χ3v) is 5.61. The fourth-order valence-corrected chi connectivity index (χ4v) is 3.89. The summed E-state index contributed by atoms with van der Waals surface area (Å²) in [6, 6.07) is 18.1. The number of hydrogen-bond acceptors (Lipinski definition) is 4. The summed E-state index contributed by atoms with van der Waals surface area (Å²) >= 11 is 0. The van der Waals surface area contributed by atoms with Gasteiger partial charge in [0.25, 0.3) is 0 Å². The van der Waals surface area contributed by atoms with Gasteiger partial charge in [0.15, 0.2) is 0 Å². The summed E-state index contributed by atoms with van der Waals surface area (Å²) in [6.45, 7) is 2.11. The zero-order valence-corrected chi connectivity index (χ0v) is 17.8. The molecule has 2 aromatic carbocycles. The lowest BCUT2D eigenvalue weighted by Gasteiger charge is -2.36. The molecule has 0 bridgehead atoms. The molecule has 1 amide bonds. The third-order valence-electron chi connectivity index (χ3n) is 5.61. The summed E-state index contributed by atoms with van der Waals surface area (Å²) in [4.78, 5) is 13.1. The molecule has 0 unspecified atom stereocenters. The number of piperidine rings is 1. The van der Waals surface area contributed by atoms with E-state index >= 15 is 0 Å². The fraction of sp³-hybridized carbons (Fsp3) is 0.304. The molecule has 158 valence electrons. The van der Waals surface area contributed by atoms with Gasteiger partial charge in [0.05, 0.1) is 7.11 Å². The van der Waals surface area contributed by atoms with E-state index in [1.54, 1.807) is 13.3 Å². The molecule has 6 nitrogen and oxygen atoms in total. The van der Waals surface area contributed by atoms with Crippen LogP contribution in [-0.4, -0.2) is 35.9 Å². The van der Waals surface area contributed by atoms with Crippen LogP contribution in [0.25, 0.3) is 11.1 Å². The lowest BCUT2D eigenvalue weighted by atomic mass is 9.87. The van der Waals surface area contributed by atoms with Crippen LogP contribution in [0.2, 0.25) is 0 Å². The van der Waals surface area contributed by atoms with Crippen molar-refractivity contribution >= 4 is 18.3 Å². The molecule has 0 saturated carbocycles. The Bertz CT molecular complexity index is 952. The Kier molecular flexibility index (Phi) is 7.13. The Morgan fingerprint density at radius 3 is 2.57 bits per heavy atom. The number of aromatic nitrogens is 2. The second-order valence-corrected chi connectivity index (χ2v) is 7.34. The molecule has 0 aliphatic carbocycles. The minimum atomic E-state index is -0.616. The standard InChI is InChI=1S/C23H26N4O2.ClH/c1-29-21-5-2-4-20(16-21)19-8-6-18(7-9-19)17-25-22(28)23(10-13-24-14-11-23)27-15-3-12-26-27;/h2-9,12,15-16,24H,10-11,13-14,17H2,1H3,(H,25,28);1H. The first-order valence-corrected chi connectivity index (χ1v) is 9.94. The molecular formula is C23H27ClN4O2. The first-order valence-electron chi connectivity index (χ1n) is 9.94. The molecule has 0 atom stereocenters. The van der Waals surface area contributed by atoms with Crippen LogP contribution < -0.4 is 15.4 Å². The van der Waals surface area contributed by atoms with E-state index in [0.29, 0.717) is 6.54 Å². The number of methoxy groups -OCH3 is 1. The number of carbonyl (C=O) groups excluding carboxylic acids is 1. The van der Waals surface area contributed by atoms with Crippen molar-refractivity contribution in [2.75, 3.05) is 20.2 Å². The third kappa shape index (κ3) is 4.50. The molecule has 1 aliphatic heterocycles. The average molecular weight is 427 g/mol. The number of carbonyl (C=O) groups is 1. The summed E-state index contributed by atoms with van der Waals surface area (Å²) in [7, 11) is 1.67. The van der Waals surface area contributed by atoms with E-state index in [1.165, 1.54) is 0 Å². The Labute approximate surface area is 183 Å². The monoisotopic (exact) mass is 426 g/mol. The van der Waals surface area contributed by atoms with Gasteiger partial charge < -0.3 is 15.4 Å². The molecule has 0 radical (unpaired) electrons. The molecule has 1 fully saturated rings. The number of benzene rings is 2. The lowest BCUT2D eigenvalue weighted by molar-refractivity contribution is -0.132. The lowest BCUT2D eigenvalue weighted by Crippen LogP contribution is -2.54. The van der Waals surface area contributed by atoms with Crippen LogP contribution in [0.1, 0.15) is 18.4 Å². The maximum Gasteiger partial charge on any atom is 0.248 e. The van der Waals surface area contributed by atoms with Crippen LogP contribution in [0, 0.1) is 0 Å². The van der Waals surface area contributed by atoms with Crippen LogP contribution in [0.5, 0.6) is 5.75 Å². The summed E-state index contributed by atoms with van der Waals surface area (Å²) in [6.07, 6.45) is 5.08. The molecule has 1 aliphatic rings. The Morgan fingerprint density at radius 2 is 1.90 bits per heavy atom. The normalized spacial score (nSPS) is 15.1. The van der Waals surface area contributed by atoms with E-state index in [2.05, 4.69) is 46.1 Å². The minimum Gasteiger partial charge on any atom is -0.497 e. The topological polar surface area (TPSA) is 68.2 Å². The largest absolute Gasteiger partial charge is 0.497 e. The Hall–Kier alpha value is -2.83. The highest BCUT2D eigenvalue weighted by Crippen LogP contribution is 2.28. The quantitative estimate of drug-likeness (QED) is 0.634. The molecular weight excluding hydrogens is 400 g/mol. The number of ether oxygens (including phenoxy) is 1. The van der Waals surface area contributed by atoms with Crippen molar-refractivity contribution in [2.45, 2.75) is 24.9 Å². The van der Waals surface area contributed by atoms with E-state index < -0.39 is 5.54 Å². The maximum atomic E-state index is 13.1. The molecule has 2 N–H and O–H groups in total. The zero-order chi connectivity index (χ0) is 20.1. The summed E-state index contributed by atoms with van der Waals surface area (Å²) in [5.41, 5.74) is 2.67. The van der Waals surface area contributed by atoms with Crippen LogP contribution >= 0.6 is 12.4 Å². The maximum absolute atomic E-state index is 13.1. The molecule has 0 spiro atoms. The van der Waals surface area contributed by atoms with Gasteiger partial charge in [-0.15, -0.1) is 12.4 Å². The average Bonchev–Trinajstić information content (AvgIpc) is 3.34. The van der Waals surface area contributed by atoms with Gasteiger partial charge in [-0.3, -0.25) is 9.48 Å². The SMILES string of the molecule is COc1cccc(-c2ccc(CNC(=O)C3(n4cccn4)CCNCC3)cc2)c1.Cl. The van der Waals surface area contributed by atoms with E-state index in [0.717, 1.165) is 48.4 Å². The summed E-state index contributed by atoms with van der Waals surface area (Å²) in [5.74, 6) is 0.865. The van der Waals surface area contributed by atoms with E-state index in [-0.39, 0.29) is 18.3 Å². The first kappa shape index (κ1) is 21.9. The van der Waals surface area contributed by atoms with Crippen molar-refractivity contribution in [3.05, 3.63) is 72.6 Å². The van der Waals surface area contributed by atoms with Crippen molar-refractivity contribution in [3.8, 4) is 16.9 Å². The predicted molar refractivity (Wildman–Crippen MR) is 120 cm³/mol. The number of hydrogen-bond donors (Lipinski definition) is 2. The van der Waals surface area contributed by atoms with Gasteiger partial charge in [-0.25, -0.2) is 0 Å². The van der Waals surface area contributed by atoms with Crippen molar-refractivity contribution in [2.24, 2.45) is 0 Å². The van der Waals surface area contributed by atoms with Crippen molar-refractivity contribution in [3.63, 3.8) is 0 Å². The van der Waals surface area contributed by atoms with E-state index in [4.69, 9.17) is 4.74 Å². The first-order chi connectivity index (χ1) is 14.2. The molecule has 7 heteroatoms. The van der Waals surface area contributed by atoms with E-state index in [9.17, 15) is 4.79 Å². The van der Waals surface area contributed by atoms with Gasteiger partial charge >= 0.3 is 0 Å². The number of halogens is 1. The smallest absolute Gasteiger partial charge is 0.248 e. The van der Waals surface area contributed by atoms with Crippen LogP contribution in [0.4, 0.5) is 0 Å². The highest BCUT2D eigenvalue weighted by molar-refractivity contribution is 5.85. The van der Waals surface area contributed by atoms with Gasteiger partial charge in [0, 0.05) is 18.9 Å². The zero-order valence-electron chi connectivity index (χ0n) is 17.0. The fourth-order valence-electron chi connectivity index (χ4n) is 3.89. The van der Waals surface area contributed by atoms with Gasteiger partial charge in [-0.1, -0.05) is 36.4 Å². The van der Waals surface area contributed by atoms with Crippen LogP contribution in [0.3, 0.4) is 0 Å². The van der Waals surface area contributed by atoms with Gasteiger partial charge in [0.1, 0.15) is 11.3 Å². The van der Waals surface area contributed by atoms with Crippen LogP contribution in [0.15, 0.2) is 67.0 Å². The van der Waals surface area contributed by atoms with Crippen molar-refractivity contribution < 1.29 is 9.53 Å². The van der Waals surface area contributed by atoms with Gasteiger partial charge in [-0.2, -0.15) is 5.10 Å². The number of rotatable bonds is 6. The molecule has 1 saturated heterocycles. The second-order valence-electron chi connectivity index (χ2n) is 7.34. The van der Waals surface area contributed by atoms with Crippen LogP contribution in [-0.2, 0) is 16.9 Å². The number of amides is 1. The molecule has 1 aromatic heterocycles. The molecule has 4 rings (SSSR count). The van der Waals surface area contributed by atoms with Crippen molar-refractivity contribution in [1.82, 2.24) is 20.4 Å². The molecule has 3 aromatic rings. The summed E-state index contributed by atoms with van der Waals surface area (Å²) in [5, 5.41) is 10.8. The predicted octanol–water partition coefficient (Wildman–Crippen LogP) is 3.38. The highest BCUT2D eigenvalue weighted by atomic mass is 35.5. The highest BCUT2D eigenvalue weighted by Gasteiger charge is 2.41. The minimum absolute atomic E-state index is 0. The van der Waals surface area contributed by atoms with Crippen molar-refractivity contribution in [1.29, 1.82) is 0 Å². The Balaban J connectivity index is 0.00000256.